The summed E-state index contributed by atoms with van der Waals surface area (Å²) in [6.07, 6.45) is -6.34. The van der Waals surface area contributed by atoms with Gasteiger partial charge in [-0.3, -0.25) is 4.90 Å². The smallest absolute Gasteiger partial charge is 0.315 e. The van der Waals surface area contributed by atoms with E-state index < -0.39 is 51.8 Å². The van der Waals surface area contributed by atoms with Crippen molar-refractivity contribution in [3.8, 4) is 12.1 Å². The number of halogens is 4. The molecule has 0 bridgehead atoms. The fraction of sp³-hybridized carbons (Fsp3) is 0.292. The number of amides is 2. The Kier molecular flexibility index (Phi) is 7.41. The highest BCUT2D eigenvalue weighted by molar-refractivity contribution is 7.91. The summed E-state index contributed by atoms with van der Waals surface area (Å²) in [6.45, 7) is 0.673. The predicted octanol–water partition coefficient (Wildman–Crippen LogP) is 5.16. The van der Waals surface area contributed by atoms with Crippen LogP contribution in [-0.2, 0) is 16.5 Å². The Morgan fingerprint density at radius 2 is 1.78 bits per heavy atom. The standard InChI is InChI=1S/C24H20F4N4O3S/c1-15-20(14-30)22(31(2)23(33)32(15)18-5-3-4-16(10-18)12-25)19-7-6-17(13-29)11-21(19)36(34,35)9-8-24(26,27)28/h3-7,10-11,22H,8-9,12H2,1-2H3/t22-/m1/s1. The van der Waals surface area contributed by atoms with E-state index in [0.717, 1.165) is 11.0 Å². The molecule has 36 heavy (non-hydrogen) atoms. The van der Waals surface area contributed by atoms with Crippen LogP contribution in [0, 0.1) is 22.7 Å². The maximum absolute atomic E-state index is 13.4. The zero-order valence-corrected chi connectivity index (χ0v) is 20.0. The van der Waals surface area contributed by atoms with Gasteiger partial charge in [-0.2, -0.15) is 23.7 Å². The summed E-state index contributed by atoms with van der Waals surface area (Å²) in [4.78, 5) is 15.1. The molecule has 2 amide bonds. The van der Waals surface area contributed by atoms with Gasteiger partial charge in [-0.25, -0.2) is 17.6 Å². The van der Waals surface area contributed by atoms with Crippen LogP contribution in [0.25, 0.3) is 0 Å². The molecule has 0 N–H and O–H groups in total. The molecule has 1 heterocycles. The van der Waals surface area contributed by atoms with Gasteiger partial charge in [-0.15, -0.1) is 0 Å². The quantitative estimate of drug-likeness (QED) is 0.489. The van der Waals surface area contributed by atoms with E-state index in [1.165, 1.54) is 49.2 Å². The maximum atomic E-state index is 13.4. The minimum absolute atomic E-state index is 0.0419. The second-order valence-electron chi connectivity index (χ2n) is 8.09. The number of likely N-dealkylation sites (N-methyl/N-ethyl adjacent to an activating group) is 1. The first kappa shape index (κ1) is 26.7. The molecule has 0 saturated heterocycles. The van der Waals surface area contributed by atoms with E-state index in [1.807, 2.05) is 6.07 Å². The number of benzene rings is 2. The Labute approximate surface area is 205 Å². The molecule has 1 aliphatic rings. The van der Waals surface area contributed by atoms with E-state index in [-0.39, 0.29) is 28.1 Å². The molecule has 0 unspecified atom stereocenters. The van der Waals surface area contributed by atoms with Gasteiger partial charge in [0.05, 0.1) is 52.1 Å². The third-order valence-corrected chi connectivity index (χ3v) is 7.51. The molecular weight excluding hydrogens is 500 g/mol. The number of sulfone groups is 1. The summed E-state index contributed by atoms with van der Waals surface area (Å²) in [5.74, 6) is -1.27. The number of rotatable bonds is 6. The second-order valence-corrected chi connectivity index (χ2v) is 10.2. The number of alkyl halides is 4. The van der Waals surface area contributed by atoms with Crippen LogP contribution >= 0.6 is 0 Å². The summed E-state index contributed by atoms with van der Waals surface area (Å²) in [6, 6.07) is 11.2. The Morgan fingerprint density at radius 3 is 2.36 bits per heavy atom. The SMILES string of the molecule is CC1=C(C#N)[C@@H](c2ccc(C#N)cc2S(=O)(=O)CCC(F)(F)F)N(C)C(=O)N1c1cccc(CF)c1. The lowest BCUT2D eigenvalue weighted by Gasteiger charge is -2.40. The Morgan fingerprint density at radius 1 is 1.08 bits per heavy atom. The molecule has 0 fully saturated rings. The molecule has 0 aromatic heterocycles. The van der Waals surface area contributed by atoms with E-state index in [2.05, 4.69) is 0 Å². The number of allylic oxidation sites excluding steroid dienone is 1. The Balaban J connectivity index is 2.21. The number of hydrogen-bond acceptors (Lipinski definition) is 5. The first-order chi connectivity index (χ1) is 16.8. The zero-order valence-electron chi connectivity index (χ0n) is 19.2. The van der Waals surface area contributed by atoms with Crippen molar-refractivity contribution in [3.05, 3.63) is 70.4 Å². The molecule has 2 aromatic carbocycles. The normalized spacial score (nSPS) is 16.7. The van der Waals surface area contributed by atoms with Crippen LogP contribution in [0.5, 0.6) is 0 Å². The first-order valence-corrected chi connectivity index (χ1v) is 12.2. The molecule has 7 nitrogen and oxygen atoms in total. The molecule has 1 atom stereocenters. The second kappa shape index (κ2) is 9.99. The average molecular weight is 521 g/mol. The van der Waals surface area contributed by atoms with Crippen molar-refractivity contribution in [2.75, 3.05) is 17.7 Å². The van der Waals surface area contributed by atoms with Gasteiger partial charge in [0.2, 0.25) is 0 Å². The summed E-state index contributed by atoms with van der Waals surface area (Å²) in [5.41, 5.74) is 0.451. The van der Waals surface area contributed by atoms with Crippen LogP contribution in [-0.4, -0.2) is 38.3 Å². The van der Waals surface area contributed by atoms with Crippen molar-refractivity contribution in [2.24, 2.45) is 0 Å². The van der Waals surface area contributed by atoms with Crippen molar-refractivity contribution >= 4 is 21.6 Å². The first-order valence-electron chi connectivity index (χ1n) is 10.5. The summed E-state index contributed by atoms with van der Waals surface area (Å²) < 4.78 is 77.5. The number of carbonyl (C=O) groups excluding carboxylic acids is 1. The molecule has 0 saturated carbocycles. The number of hydrogen-bond donors (Lipinski definition) is 0. The molecule has 0 radical (unpaired) electrons. The molecule has 2 aromatic rings. The largest absolute Gasteiger partial charge is 0.390 e. The third-order valence-electron chi connectivity index (χ3n) is 5.75. The van der Waals surface area contributed by atoms with Crippen molar-refractivity contribution in [2.45, 2.75) is 37.1 Å². The number of nitriles is 2. The number of nitrogens with zero attached hydrogens (tertiary/aromatic N) is 4. The average Bonchev–Trinajstić information content (AvgIpc) is 2.84. The van der Waals surface area contributed by atoms with E-state index in [0.29, 0.717) is 5.56 Å². The van der Waals surface area contributed by atoms with Gasteiger partial charge in [0.25, 0.3) is 0 Å². The summed E-state index contributed by atoms with van der Waals surface area (Å²) in [5, 5.41) is 19.2. The lowest BCUT2D eigenvalue weighted by atomic mass is 9.93. The molecule has 1 aliphatic heterocycles. The van der Waals surface area contributed by atoms with Gasteiger partial charge in [-0.05, 0) is 42.3 Å². The minimum Gasteiger partial charge on any atom is -0.315 e. The minimum atomic E-state index is -4.74. The van der Waals surface area contributed by atoms with Gasteiger partial charge in [-0.1, -0.05) is 18.2 Å². The van der Waals surface area contributed by atoms with Crippen LogP contribution in [0.4, 0.5) is 28.0 Å². The highest BCUT2D eigenvalue weighted by Crippen LogP contribution is 2.41. The monoisotopic (exact) mass is 520 g/mol. The molecule has 12 heteroatoms. The highest BCUT2D eigenvalue weighted by atomic mass is 32.2. The van der Waals surface area contributed by atoms with E-state index in [4.69, 9.17) is 0 Å². The van der Waals surface area contributed by atoms with Crippen molar-refractivity contribution in [1.29, 1.82) is 10.5 Å². The lowest BCUT2D eigenvalue weighted by Crippen LogP contribution is -2.47. The Hall–Kier alpha value is -3.90. The van der Waals surface area contributed by atoms with Crippen LogP contribution in [0.3, 0.4) is 0 Å². The molecular formula is C24H20F4N4O3S. The van der Waals surface area contributed by atoms with Gasteiger partial charge >= 0.3 is 12.2 Å². The van der Waals surface area contributed by atoms with Crippen molar-refractivity contribution in [3.63, 3.8) is 0 Å². The molecule has 0 spiro atoms. The molecule has 188 valence electrons. The van der Waals surface area contributed by atoms with Crippen LogP contribution in [0.15, 0.2) is 58.6 Å². The maximum Gasteiger partial charge on any atom is 0.390 e. The molecule has 0 aliphatic carbocycles. The van der Waals surface area contributed by atoms with Crippen LogP contribution in [0.1, 0.15) is 36.1 Å². The fourth-order valence-electron chi connectivity index (χ4n) is 3.97. The lowest BCUT2D eigenvalue weighted by molar-refractivity contribution is -0.129. The zero-order chi connectivity index (χ0) is 26.8. The predicted molar refractivity (Wildman–Crippen MR) is 122 cm³/mol. The van der Waals surface area contributed by atoms with Gasteiger partial charge in [0.1, 0.15) is 6.67 Å². The molecule has 3 rings (SSSR count). The van der Waals surface area contributed by atoms with Crippen molar-refractivity contribution in [1.82, 2.24) is 4.90 Å². The summed E-state index contributed by atoms with van der Waals surface area (Å²) in [7, 11) is -3.25. The Bertz CT molecular complexity index is 1420. The van der Waals surface area contributed by atoms with Gasteiger partial charge in [0.15, 0.2) is 9.84 Å². The van der Waals surface area contributed by atoms with E-state index >= 15 is 0 Å². The number of urea groups is 1. The fourth-order valence-corrected chi connectivity index (χ4v) is 5.54. The van der Waals surface area contributed by atoms with Crippen LogP contribution in [0.2, 0.25) is 0 Å². The highest BCUT2D eigenvalue weighted by Gasteiger charge is 2.41. The number of carbonyl (C=O) groups is 1. The third kappa shape index (κ3) is 5.19. The van der Waals surface area contributed by atoms with E-state index in [1.54, 1.807) is 12.1 Å². The van der Waals surface area contributed by atoms with Crippen LogP contribution < -0.4 is 4.90 Å². The van der Waals surface area contributed by atoms with Gasteiger partial charge in [0, 0.05) is 12.7 Å². The topological polar surface area (TPSA) is 105 Å². The van der Waals surface area contributed by atoms with E-state index in [9.17, 15) is 41.3 Å². The van der Waals surface area contributed by atoms with Gasteiger partial charge < -0.3 is 4.90 Å². The number of anilines is 1. The summed E-state index contributed by atoms with van der Waals surface area (Å²) >= 11 is 0. The van der Waals surface area contributed by atoms with Crippen molar-refractivity contribution < 1.29 is 30.8 Å².